The third kappa shape index (κ3) is 5.67. The van der Waals surface area contributed by atoms with Crippen molar-refractivity contribution < 1.29 is 22.7 Å². The number of methoxy groups -OCH3 is 2. The van der Waals surface area contributed by atoms with Crippen molar-refractivity contribution in [2.75, 3.05) is 26.1 Å². The number of carbonyl (C=O) groups is 1. The van der Waals surface area contributed by atoms with E-state index >= 15 is 0 Å². The average Bonchev–Trinajstić information content (AvgIpc) is 2.61. The maximum atomic E-state index is 12.3. The van der Waals surface area contributed by atoms with Crippen molar-refractivity contribution in [3.63, 3.8) is 0 Å². The van der Waals surface area contributed by atoms with E-state index in [4.69, 9.17) is 21.1 Å². The summed E-state index contributed by atoms with van der Waals surface area (Å²) in [5.41, 5.74) is 0.809. The summed E-state index contributed by atoms with van der Waals surface area (Å²) in [4.78, 5) is 12.4. The second-order valence-electron chi connectivity index (χ2n) is 5.81. The molecule has 0 aromatic heterocycles. The third-order valence-electron chi connectivity index (χ3n) is 3.61. The summed E-state index contributed by atoms with van der Waals surface area (Å²) in [7, 11) is -0.695. The molecule has 0 radical (unpaired) electrons. The first-order chi connectivity index (χ1) is 12.8. The number of nitrogens with one attached hydrogen (secondary N) is 2. The van der Waals surface area contributed by atoms with E-state index in [0.717, 1.165) is 0 Å². The molecule has 146 valence electrons. The summed E-state index contributed by atoms with van der Waals surface area (Å²) < 4.78 is 37.1. The van der Waals surface area contributed by atoms with Crippen molar-refractivity contribution in [3.8, 4) is 5.75 Å². The zero-order valence-corrected chi connectivity index (χ0v) is 16.7. The van der Waals surface area contributed by atoms with Crippen molar-refractivity contribution in [2.24, 2.45) is 0 Å². The lowest BCUT2D eigenvalue weighted by atomic mass is 10.2. The Kier molecular flexibility index (Phi) is 7.20. The minimum absolute atomic E-state index is 0.0643. The van der Waals surface area contributed by atoms with Gasteiger partial charge in [0.2, 0.25) is 10.0 Å². The van der Waals surface area contributed by atoms with Crippen LogP contribution in [0.25, 0.3) is 0 Å². The lowest BCUT2D eigenvalue weighted by Gasteiger charge is -2.13. The molecule has 0 fully saturated rings. The summed E-state index contributed by atoms with van der Waals surface area (Å²) >= 11 is 6.03. The Hall–Kier alpha value is -2.13. The average molecular weight is 413 g/mol. The lowest BCUT2D eigenvalue weighted by Crippen LogP contribution is -2.35. The predicted octanol–water partition coefficient (Wildman–Crippen LogP) is 2.91. The van der Waals surface area contributed by atoms with Crippen molar-refractivity contribution in [1.82, 2.24) is 4.72 Å². The van der Waals surface area contributed by atoms with Crippen LogP contribution in [0.4, 0.5) is 5.69 Å². The molecule has 7 nitrogen and oxygen atoms in total. The quantitative estimate of drug-likeness (QED) is 0.695. The van der Waals surface area contributed by atoms with Crippen LogP contribution in [0, 0.1) is 0 Å². The first-order valence-corrected chi connectivity index (χ1v) is 9.89. The smallest absolute Gasteiger partial charge is 0.255 e. The summed E-state index contributed by atoms with van der Waals surface area (Å²) in [6, 6.07) is 10.1. The molecule has 2 aromatic carbocycles. The van der Waals surface area contributed by atoms with Gasteiger partial charge in [-0.25, -0.2) is 13.1 Å². The van der Waals surface area contributed by atoms with Crippen LogP contribution in [0.3, 0.4) is 0 Å². The zero-order valence-electron chi connectivity index (χ0n) is 15.2. The van der Waals surface area contributed by atoms with Gasteiger partial charge in [0.15, 0.2) is 0 Å². The van der Waals surface area contributed by atoms with Crippen LogP contribution in [0.1, 0.15) is 17.3 Å². The number of benzene rings is 2. The third-order valence-corrected chi connectivity index (χ3v) is 5.51. The van der Waals surface area contributed by atoms with Crippen LogP contribution in [-0.2, 0) is 14.8 Å². The molecule has 2 N–H and O–H groups in total. The second kappa shape index (κ2) is 9.18. The fourth-order valence-corrected chi connectivity index (χ4v) is 3.84. The molecule has 0 aliphatic rings. The Morgan fingerprint density at radius 2 is 1.81 bits per heavy atom. The molecule has 1 atom stereocenters. The Morgan fingerprint density at radius 1 is 1.15 bits per heavy atom. The molecule has 0 saturated heterocycles. The maximum Gasteiger partial charge on any atom is 0.255 e. The van der Waals surface area contributed by atoms with Crippen molar-refractivity contribution >= 4 is 33.2 Å². The molecule has 0 spiro atoms. The van der Waals surface area contributed by atoms with Gasteiger partial charge in [-0.15, -0.1) is 0 Å². The van der Waals surface area contributed by atoms with E-state index in [-0.39, 0.29) is 23.5 Å². The number of halogens is 1. The molecule has 0 aliphatic heterocycles. The molecular weight excluding hydrogens is 392 g/mol. The Morgan fingerprint density at radius 3 is 2.37 bits per heavy atom. The Bertz CT molecular complexity index is 900. The largest absolute Gasteiger partial charge is 0.495 e. The van der Waals surface area contributed by atoms with Crippen molar-refractivity contribution in [1.29, 1.82) is 0 Å². The van der Waals surface area contributed by atoms with Crippen LogP contribution < -0.4 is 14.8 Å². The highest BCUT2D eigenvalue weighted by Gasteiger charge is 2.18. The topological polar surface area (TPSA) is 93.7 Å². The number of anilines is 1. The van der Waals surface area contributed by atoms with Gasteiger partial charge < -0.3 is 14.8 Å². The SMILES string of the molecule is COC[C@@H](C)NS(=O)(=O)c1ccc(C(=O)Nc2ccc(OC)c(Cl)c2)cc1. The van der Waals surface area contributed by atoms with E-state index in [1.807, 2.05) is 0 Å². The number of hydrogen-bond donors (Lipinski definition) is 2. The monoisotopic (exact) mass is 412 g/mol. The van der Waals surface area contributed by atoms with Gasteiger partial charge in [0.05, 0.1) is 23.6 Å². The summed E-state index contributed by atoms with van der Waals surface area (Å²) in [6.45, 7) is 1.95. The Balaban J connectivity index is 2.10. The first-order valence-electron chi connectivity index (χ1n) is 8.03. The highest BCUT2D eigenvalue weighted by molar-refractivity contribution is 7.89. The number of rotatable bonds is 8. The maximum absolute atomic E-state index is 12.3. The van der Waals surface area contributed by atoms with E-state index in [1.165, 1.54) is 38.5 Å². The molecule has 0 heterocycles. The molecule has 1 amide bonds. The molecule has 9 heteroatoms. The fraction of sp³-hybridized carbons (Fsp3) is 0.278. The second-order valence-corrected chi connectivity index (χ2v) is 7.93. The zero-order chi connectivity index (χ0) is 20.0. The predicted molar refractivity (Wildman–Crippen MR) is 104 cm³/mol. The van der Waals surface area contributed by atoms with E-state index in [1.54, 1.807) is 25.1 Å². The van der Waals surface area contributed by atoms with Crippen molar-refractivity contribution in [3.05, 3.63) is 53.1 Å². The molecule has 2 aromatic rings. The van der Waals surface area contributed by atoms with Gasteiger partial charge in [0, 0.05) is 24.4 Å². The highest BCUT2D eigenvalue weighted by Crippen LogP contribution is 2.27. The van der Waals surface area contributed by atoms with Gasteiger partial charge in [-0.2, -0.15) is 0 Å². The van der Waals surface area contributed by atoms with E-state index in [9.17, 15) is 13.2 Å². The van der Waals surface area contributed by atoms with E-state index < -0.39 is 10.0 Å². The van der Waals surface area contributed by atoms with Gasteiger partial charge in [0.25, 0.3) is 5.91 Å². The van der Waals surface area contributed by atoms with E-state index in [0.29, 0.717) is 22.0 Å². The number of carbonyl (C=O) groups excluding carboxylic acids is 1. The first kappa shape index (κ1) is 21.2. The lowest BCUT2D eigenvalue weighted by molar-refractivity contribution is 0.102. The van der Waals surface area contributed by atoms with Gasteiger partial charge in [0.1, 0.15) is 5.75 Å². The fourth-order valence-electron chi connectivity index (χ4n) is 2.35. The normalized spacial score (nSPS) is 12.4. The molecule has 0 saturated carbocycles. The summed E-state index contributed by atoms with van der Waals surface area (Å²) in [6.07, 6.45) is 0. The molecule has 0 bridgehead atoms. The number of sulfonamides is 1. The van der Waals surface area contributed by atoms with Gasteiger partial charge >= 0.3 is 0 Å². The van der Waals surface area contributed by atoms with Gasteiger partial charge in [-0.1, -0.05) is 11.6 Å². The molecule has 27 heavy (non-hydrogen) atoms. The number of amides is 1. The van der Waals surface area contributed by atoms with Crippen LogP contribution in [-0.4, -0.2) is 41.2 Å². The molecule has 2 rings (SSSR count). The summed E-state index contributed by atoms with van der Waals surface area (Å²) in [5, 5.41) is 3.07. The van der Waals surface area contributed by atoms with Gasteiger partial charge in [-0.05, 0) is 49.4 Å². The molecular formula is C18H21ClN2O5S. The van der Waals surface area contributed by atoms with Crippen LogP contribution in [0.5, 0.6) is 5.75 Å². The minimum atomic E-state index is -3.69. The van der Waals surface area contributed by atoms with Gasteiger partial charge in [-0.3, -0.25) is 4.79 Å². The Labute approximate surface area is 163 Å². The van der Waals surface area contributed by atoms with E-state index in [2.05, 4.69) is 10.0 Å². The number of ether oxygens (including phenoxy) is 2. The highest BCUT2D eigenvalue weighted by atomic mass is 35.5. The standard InChI is InChI=1S/C18H21ClN2O5S/c1-12(11-25-2)21-27(23,24)15-7-4-13(5-8-15)18(22)20-14-6-9-17(26-3)16(19)10-14/h4-10,12,21H,11H2,1-3H3,(H,20,22)/t12-/m1/s1. The number of hydrogen-bond acceptors (Lipinski definition) is 5. The minimum Gasteiger partial charge on any atom is -0.495 e. The van der Waals surface area contributed by atoms with Crippen LogP contribution in [0.2, 0.25) is 5.02 Å². The molecule has 0 aliphatic carbocycles. The summed E-state index contributed by atoms with van der Waals surface area (Å²) in [5.74, 6) is 0.111. The van der Waals surface area contributed by atoms with Crippen molar-refractivity contribution in [2.45, 2.75) is 17.9 Å². The van der Waals surface area contributed by atoms with Crippen LogP contribution >= 0.6 is 11.6 Å². The van der Waals surface area contributed by atoms with Crippen LogP contribution in [0.15, 0.2) is 47.4 Å². The molecule has 0 unspecified atom stereocenters.